The van der Waals surface area contributed by atoms with Crippen molar-refractivity contribution in [3.05, 3.63) is 60.2 Å². The van der Waals surface area contributed by atoms with Gasteiger partial charge in [-0.15, -0.1) is 0 Å². The summed E-state index contributed by atoms with van der Waals surface area (Å²) in [5.74, 6) is -1.95. The molecule has 1 heterocycles. The Morgan fingerprint density at radius 1 is 0.963 bits per heavy atom. The summed E-state index contributed by atoms with van der Waals surface area (Å²) in [6, 6.07) is 17.6. The smallest absolute Gasteiger partial charge is 0.306 e. The molecule has 2 aromatic carbocycles. The van der Waals surface area contributed by atoms with Crippen LogP contribution < -0.4 is 0 Å². The highest BCUT2D eigenvalue weighted by atomic mass is 16.4. The van der Waals surface area contributed by atoms with Crippen molar-refractivity contribution in [2.24, 2.45) is 5.92 Å². The van der Waals surface area contributed by atoms with Gasteiger partial charge in [0.15, 0.2) is 0 Å². The lowest BCUT2D eigenvalue weighted by Crippen LogP contribution is -2.42. The molecule has 1 saturated heterocycles. The molecule has 1 aliphatic rings. The van der Waals surface area contributed by atoms with Crippen molar-refractivity contribution in [1.82, 2.24) is 4.90 Å². The van der Waals surface area contributed by atoms with Gasteiger partial charge < -0.3 is 5.11 Å². The average molecular weight is 365 g/mol. The second-order valence-corrected chi connectivity index (χ2v) is 7.05. The monoisotopic (exact) mass is 365 g/mol. The maximum Gasteiger partial charge on any atom is 0.306 e. The van der Waals surface area contributed by atoms with E-state index < -0.39 is 17.9 Å². The van der Waals surface area contributed by atoms with Gasteiger partial charge in [-0.3, -0.25) is 19.3 Å². The van der Waals surface area contributed by atoms with Crippen molar-refractivity contribution in [1.29, 1.82) is 0 Å². The number of hydrogen-bond donors (Lipinski definition) is 1. The Morgan fingerprint density at radius 3 is 2.07 bits per heavy atom. The normalized spacial score (nSPS) is 16.4. The van der Waals surface area contributed by atoms with Crippen molar-refractivity contribution in [3.63, 3.8) is 0 Å². The third-order valence-electron chi connectivity index (χ3n) is 5.03. The van der Waals surface area contributed by atoms with Crippen molar-refractivity contribution in [2.75, 3.05) is 0 Å². The molecule has 1 N–H and O–H groups in total. The fraction of sp³-hybridized carbons (Fsp3) is 0.318. The van der Waals surface area contributed by atoms with Gasteiger partial charge in [-0.2, -0.15) is 0 Å². The van der Waals surface area contributed by atoms with Crippen molar-refractivity contribution < 1.29 is 19.5 Å². The number of imide groups is 1. The lowest BCUT2D eigenvalue weighted by molar-refractivity contribution is -0.146. The van der Waals surface area contributed by atoms with Crippen LogP contribution in [0.5, 0.6) is 0 Å². The minimum atomic E-state index is -0.918. The molecule has 27 heavy (non-hydrogen) atoms. The van der Waals surface area contributed by atoms with E-state index in [9.17, 15) is 19.5 Å². The first-order chi connectivity index (χ1) is 13.0. The van der Waals surface area contributed by atoms with E-state index in [0.29, 0.717) is 6.42 Å². The maximum absolute atomic E-state index is 12.2. The highest BCUT2D eigenvalue weighted by Gasteiger charge is 2.36. The van der Waals surface area contributed by atoms with Crippen LogP contribution in [0.25, 0.3) is 11.1 Å². The molecule has 5 nitrogen and oxygen atoms in total. The summed E-state index contributed by atoms with van der Waals surface area (Å²) in [4.78, 5) is 36.9. The number of hydrogen-bond acceptors (Lipinski definition) is 3. The van der Waals surface area contributed by atoms with Gasteiger partial charge in [0.1, 0.15) is 0 Å². The summed E-state index contributed by atoms with van der Waals surface area (Å²) in [6.45, 7) is 1.61. The maximum atomic E-state index is 12.2. The Hall–Kier alpha value is -2.95. The number of nitrogens with zero attached hydrogens (tertiary/aromatic N) is 1. The Bertz CT molecular complexity index is 813. The number of carboxylic acid groups (broad SMARTS) is 1. The third kappa shape index (κ3) is 4.42. The SMILES string of the molecule is C[C@@H](C[C@H](Cc1ccc(-c2ccccc2)cc1)N1C(=O)CCC1=O)C(=O)O. The minimum absolute atomic E-state index is 0.205. The number of likely N-dealkylation sites (tertiary alicyclic amines) is 1. The van der Waals surface area contributed by atoms with Gasteiger partial charge in [0.05, 0.1) is 5.92 Å². The molecular weight excluding hydrogens is 342 g/mol. The van der Waals surface area contributed by atoms with Crippen LogP contribution in [0.1, 0.15) is 31.7 Å². The van der Waals surface area contributed by atoms with Gasteiger partial charge in [-0.05, 0) is 29.5 Å². The average Bonchev–Trinajstić information content (AvgIpc) is 3.00. The topological polar surface area (TPSA) is 74.7 Å². The highest BCUT2D eigenvalue weighted by Crippen LogP contribution is 2.25. The van der Waals surface area contributed by atoms with Gasteiger partial charge in [0, 0.05) is 18.9 Å². The van der Waals surface area contributed by atoms with Crippen LogP contribution >= 0.6 is 0 Å². The molecule has 1 fully saturated rings. The molecule has 1 aliphatic heterocycles. The number of aliphatic carboxylic acids is 1. The van der Waals surface area contributed by atoms with E-state index in [-0.39, 0.29) is 31.1 Å². The fourth-order valence-corrected chi connectivity index (χ4v) is 3.53. The number of carboxylic acids is 1. The second-order valence-electron chi connectivity index (χ2n) is 7.05. The Balaban J connectivity index is 1.80. The minimum Gasteiger partial charge on any atom is -0.481 e. The zero-order valence-electron chi connectivity index (χ0n) is 15.3. The summed E-state index contributed by atoms with van der Waals surface area (Å²) < 4.78 is 0. The predicted octanol–water partition coefficient (Wildman–Crippen LogP) is 3.52. The van der Waals surface area contributed by atoms with Crippen LogP contribution in [0.2, 0.25) is 0 Å². The van der Waals surface area contributed by atoms with E-state index in [1.54, 1.807) is 6.92 Å². The number of rotatable bonds is 7. The number of carbonyl (C=O) groups is 3. The van der Waals surface area contributed by atoms with Crippen molar-refractivity contribution in [3.8, 4) is 11.1 Å². The van der Waals surface area contributed by atoms with Gasteiger partial charge in [-0.25, -0.2) is 0 Å². The number of carbonyl (C=O) groups excluding carboxylic acids is 2. The molecular formula is C22H23NO4. The predicted molar refractivity (Wildman–Crippen MR) is 102 cm³/mol. The van der Waals surface area contributed by atoms with Crippen molar-refractivity contribution in [2.45, 2.75) is 38.6 Å². The van der Waals surface area contributed by atoms with E-state index in [1.165, 1.54) is 4.90 Å². The first kappa shape index (κ1) is 18.8. The molecule has 0 radical (unpaired) electrons. The van der Waals surface area contributed by atoms with Gasteiger partial charge in [0.2, 0.25) is 11.8 Å². The standard InChI is InChI=1S/C22H23NO4/c1-15(22(26)27)13-19(23-20(24)11-12-21(23)25)14-16-7-9-18(10-8-16)17-5-3-2-4-6-17/h2-10,15,19H,11-14H2,1H3,(H,26,27)/t15-,19+/m0/s1. The van der Waals surface area contributed by atoms with Crippen LogP contribution in [0, 0.1) is 5.92 Å². The van der Waals surface area contributed by atoms with E-state index in [1.807, 2.05) is 54.6 Å². The molecule has 140 valence electrons. The molecule has 2 aromatic rings. The molecule has 2 amide bonds. The fourth-order valence-electron chi connectivity index (χ4n) is 3.53. The molecule has 2 atom stereocenters. The summed E-state index contributed by atoms with van der Waals surface area (Å²) in [6.07, 6.45) is 1.14. The van der Waals surface area contributed by atoms with Crippen molar-refractivity contribution >= 4 is 17.8 Å². The van der Waals surface area contributed by atoms with Gasteiger partial charge in [0.25, 0.3) is 0 Å². The molecule has 0 unspecified atom stereocenters. The Labute approximate surface area is 158 Å². The Morgan fingerprint density at radius 2 is 1.52 bits per heavy atom. The van der Waals surface area contributed by atoms with Gasteiger partial charge >= 0.3 is 5.97 Å². The highest BCUT2D eigenvalue weighted by molar-refractivity contribution is 6.02. The van der Waals surface area contributed by atoms with E-state index in [4.69, 9.17) is 0 Å². The van der Waals surface area contributed by atoms with E-state index in [0.717, 1.165) is 16.7 Å². The Kier molecular flexibility index (Phi) is 5.69. The largest absolute Gasteiger partial charge is 0.481 e. The lowest BCUT2D eigenvalue weighted by Gasteiger charge is -2.28. The molecule has 5 heteroatoms. The molecule has 3 rings (SSSR count). The summed E-state index contributed by atoms with van der Waals surface area (Å²) >= 11 is 0. The first-order valence-electron chi connectivity index (χ1n) is 9.17. The van der Waals surface area contributed by atoms with Crippen LogP contribution in [-0.4, -0.2) is 33.8 Å². The lowest BCUT2D eigenvalue weighted by atomic mass is 9.94. The van der Waals surface area contributed by atoms with E-state index >= 15 is 0 Å². The second kappa shape index (κ2) is 8.16. The molecule has 0 saturated carbocycles. The summed E-state index contributed by atoms with van der Waals surface area (Å²) in [5.41, 5.74) is 3.18. The molecule has 0 bridgehead atoms. The number of benzene rings is 2. The summed E-state index contributed by atoms with van der Waals surface area (Å²) in [7, 11) is 0. The third-order valence-corrected chi connectivity index (χ3v) is 5.03. The first-order valence-corrected chi connectivity index (χ1v) is 9.17. The zero-order chi connectivity index (χ0) is 19.4. The van der Waals surface area contributed by atoms with Gasteiger partial charge in [-0.1, -0.05) is 61.5 Å². The quantitative estimate of drug-likeness (QED) is 0.762. The molecule has 0 spiro atoms. The van der Waals surface area contributed by atoms with E-state index in [2.05, 4.69) is 0 Å². The molecule has 0 aliphatic carbocycles. The van der Waals surface area contributed by atoms with Crippen LogP contribution in [-0.2, 0) is 20.8 Å². The van der Waals surface area contributed by atoms with Crippen LogP contribution in [0.15, 0.2) is 54.6 Å². The van der Waals surface area contributed by atoms with Crippen LogP contribution in [0.3, 0.4) is 0 Å². The zero-order valence-corrected chi connectivity index (χ0v) is 15.3. The van der Waals surface area contributed by atoms with Crippen LogP contribution in [0.4, 0.5) is 0 Å². The number of amides is 2. The summed E-state index contributed by atoms with van der Waals surface area (Å²) in [5, 5.41) is 9.25. The molecule has 0 aromatic heterocycles.